The van der Waals surface area contributed by atoms with Crippen LogP contribution in [0.4, 0.5) is 0 Å². The van der Waals surface area contributed by atoms with Crippen LogP contribution in [-0.2, 0) is 4.79 Å². The van der Waals surface area contributed by atoms with Gasteiger partial charge in [-0.2, -0.15) is 0 Å². The molecule has 0 rings (SSSR count). The predicted octanol–water partition coefficient (Wildman–Crippen LogP) is 0.962. The Bertz CT molecular complexity index is 183. The summed E-state index contributed by atoms with van der Waals surface area (Å²) in [5.41, 5.74) is 5.59. The van der Waals surface area contributed by atoms with Gasteiger partial charge in [-0.05, 0) is 32.9 Å². The van der Waals surface area contributed by atoms with Crippen molar-refractivity contribution in [2.75, 3.05) is 26.2 Å². The molecule has 0 saturated heterocycles. The summed E-state index contributed by atoms with van der Waals surface area (Å²) in [6.45, 7) is 10.1. The summed E-state index contributed by atoms with van der Waals surface area (Å²) in [6, 6.07) is 0.109. The highest BCUT2D eigenvalue weighted by molar-refractivity contribution is 5.75. The second kappa shape index (κ2) is 9.60. The molecule has 1 unspecified atom stereocenters. The van der Waals surface area contributed by atoms with Crippen LogP contribution in [0.1, 0.15) is 40.0 Å². The van der Waals surface area contributed by atoms with Crippen molar-refractivity contribution in [3.63, 3.8) is 0 Å². The largest absolute Gasteiger partial charge is 0.355 e. The first-order valence-corrected chi connectivity index (χ1v) is 6.34. The summed E-state index contributed by atoms with van der Waals surface area (Å²) in [4.78, 5) is 13.7. The molecule has 0 aromatic carbocycles. The van der Waals surface area contributed by atoms with Crippen LogP contribution in [0.3, 0.4) is 0 Å². The first kappa shape index (κ1) is 15.4. The van der Waals surface area contributed by atoms with Crippen molar-refractivity contribution in [3.05, 3.63) is 0 Å². The van der Waals surface area contributed by atoms with Crippen molar-refractivity contribution in [1.82, 2.24) is 10.2 Å². The lowest BCUT2D eigenvalue weighted by Crippen LogP contribution is -2.35. The summed E-state index contributed by atoms with van der Waals surface area (Å²) in [5, 5.41) is 2.93. The minimum atomic E-state index is 0.109. The average molecular weight is 229 g/mol. The normalized spacial score (nSPS) is 12.8. The number of nitrogens with one attached hydrogen (secondary N) is 1. The zero-order chi connectivity index (χ0) is 12.4. The third kappa shape index (κ3) is 8.68. The van der Waals surface area contributed by atoms with Crippen LogP contribution in [0.15, 0.2) is 0 Å². The van der Waals surface area contributed by atoms with Gasteiger partial charge in [0.15, 0.2) is 0 Å². The van der Waals surface area contributed by atoms with Gasteiger partial charge in [-0.15, -0.1) is 0 Å². The number of amides is 1. The highest BCUT2D eigenvalue weighted by Crippen LogP contribution is 1.93. The van der Waals surface area contributed by atoms with Crippen molar-refractivity contribution < 1.29 is 4.79 Å². The van der Waals surface area contributed by atoms with E-state index < -0.39 is 0 Å². The van der Waals surface area contributed by atoms with E-state index in [1.54, 1.807) is 0 Å². The fourth-order valence-electron chi connectivity index (χ4n) is 1.54. The Morgan fingerprint density at radius 3 is 2.56 bits per heavy atom. The molecule has 0 aliphatic carbocycles. The fraction of sp³-hybridized carbons (Fsp3) is 0.917. The monoisotopic (exact) mass is 229 g/mol. The lowest BCUT2D eigenvalue weighted by atomic mass is 10.2. The van der Waals surface area contributed by atoms with E-state index in [4.69, 9.17) is 5.73 Å². The Morgan fingerprint density at radius 2 is 2.06 bits per heavy atom. The standard InChI is InChI=1S/C12H27N3O/c1-4-9-15(5-2)10-8-14-12(16)7-6-11(3)13/h11H,4-10,13H2,1-3H3,(H,14,16). The molecule has 0 radical (unpaired) electrons. The molecule has 3 N–H and O–H groups in total. The molecule has 0 heterocycles. The second-order valence-electron chi connectivity index (χ2n) is 4.30. The molecular weight excluding hydrogens is 202 g/mol. The molecule has 0 saturated carbocycles. The minimum absolute atomic E-state index is 0.109. The molecule has 0 bridgehead atoms. The van der Waals surface area contributed by atoms with E-state index in [2.05, 4.69) is 24.1 Å². The lowest BCUT2D eigenvalue weighted by Gasteiger charge is -2.19. The van der Waals surface area contributed by atoms with Crippen molar-refractivity contribution in [3.8, 4) is 0 Å². The topological polar surface area (TPSA) is 58.4 Å². The maximum absolute atomic E-state index is 11.4. The van der Waals surface area contributed by atoms with Crippen LogP contribution in [0.25, 0.3) is 0 Å². The van der Waals surface area contributed by atoms with Crippen molar-refractivity contribution >= 4 is 5.91 Å². The Hall–Kier alpha value is -0.610. The maximum Gasteiger partial charge on any atom is 0.220 e. The highest BCUT2D eigenvalue weighted by atomic mass is 16.1. The number of likely N-dealkylation sites (N-methyl/N-ethyl adjacent to an activating group) is 1. The van der Waals surface area contributed by atoms with Crippen LogP contribution in [-0.4, -0.2) is 43.0 Å². The van der Waals surface area contributed by atoms with Gasteiger partial charge in [0.1, 0.15) is 0 Å². The van der Waals surface area contributed by atoms with Crippen LogP contribution in [0.5, 0.6) is 0 Å². The summed E-state index contributed by atoms with van der Waals surface area (Å²) in [6.07, 6.45) is 2.46. The second-order valence-corrected chi connectivity index (χ2v) is 4.30. The van der Waals surface area contributed by atoms with E-state index in [9.17, 15) is 4.79 Å². The molecule has 96 valence electrons. The van der Waals surface area contributed by atoms with Gasteiger partial charge in [-0.1, -0.05) is 13.8 Å². The molecule has 0 aliphatic heterocycles. The summed E-state index contributed by atoms with van der Waals surface area (Å²) in [5.74, 6) is 0.116. The molecule has 1 atom stereocenters. The molecule has 4 heteroatoms. The van der Waals surface area contributed by atoms with Crippen LogP contribution >= 0.6 is 0 Å². The van der Waals surface area contributed by atoms with E-state index in [0.29, 0.717) is 6.42 Å². The molecule has 0 aliphatic rings. The van der Waals surface area contributed by atoms with Crippen LogP contribution in [0, 0.1) is 0 Å². The van der Waals surface area contributed by atoms with E-state index in [1.165, 1.54) is 0 Å². The van der Waals surface area contributed by atoms with E-state index in [0.717, 1.165) is 39.0 Å². The summed E-state index contributed by atoms with van der Waals surface area (Å²) < 4.78 is 0. The van der Waals surface area contributed by atoms with Crippen molar-refractivity contribution in [2.24, 2.45) is 5.73 Å². The molecule has 4 nitrogen and oxygen atoms in total. The number of carbonyl (C=O) groups is 1. The number of carbonyl (C=O) groups excluding carboxylic acids is 1. The molecule has 0 spiro atoms. The highest BCUT2D eigenvalue weighted by Gasteiger charge is 2.04. The molecule has 16 heavy (non-hydrogen) atoms. The molecule has 0 fully saturated rings. The zero-order valence-corrected chi connectivity index (χ0v) is 11.0. The Morgan fingerprint density at radius 1 is 1.38 bits per heavy atom. The van der Waals surface area contributed by atoms with Gasteiger partial charge < -0.3 is 16.0 Å². The number of rotatable bonds is 9. The van der Waals surface area contributed by atoms with Gasteiger partial charge in [-0.25, -0.2) is 0 Å². The molecule has 0 aromatic rings. The predicted molar refractivity (Wildman–Crippen MR) is 68.3 cm³/mol. The zero-order valence-electron chi connectivity index (χ0n) is 11.0. The third-order valence-electron chi connectivity index (χ3n) is 2.56. The number of nitrogens with two attached hydrogens (primary N) is 1. The first-order valence-electron chi connectivity index (χ1n) is 6.34. The molecule has 0 aromatic heterocycles. The molecular formula is C12H27N3O. The smallest absolute Gasteiger partial charge is 0.220 e. The van der Waals surface area contributed by atoms with Gasteiger partial charge in [0.25, 0.3) is 0 Å². The summed E-state index contributed by atoms with van der Waals surface area (Å²) in [7, 11) is 0. The number of hydrogen-bond donors (Lipinski definition) is 2. The lowest BCUT2D eigenvalue weighted by molar-refractivity contribution is -0.121. The Labute approximate surface area is 99.6 Å². The van der Waals surface area contributed by atoms with E-state index in [-0.39, 0.29) is 11.9 Å². The van der Waals surface area contributed by atoms with Gasteiger partial charge in [0, 0.05) is 25.6 Å². The molecule has 1 amide bonds. The SMILES string of the molecule is CCCN(CC)CCNC(=O)CCC(C)N. The van der Waals surface area contributed by atoms with Crippen LogP contribution in [0.2, 0.25) is 0 Å². The van der Waals surface area contributed by atoms with Gasteiger partial charge in [0.2, 0.25) is 5.91 Å². The van der Waals surface area contributed by atoms with Crippen LogP contribution < -0.4 is 11.1 Å². The number of hydrogen-bond acceptors (Lipinski definition) is 3. The van der Waals surface area contributed by atoms with E-state index in [1.807, 2.05) is 6.92 Å². The van der Waals surface area contributed by atoms with Crippen molar-refractivity contribution in [1.29, 1.82) is 0 Å². The third-order valence-corrected chi connectivity index (χ3v) is 2.56. The van der Waals surface area contributed by atoms with Crippen molar-refractivity contribution in [2.45, 2.75) is 46.1 Å². The Kier molecular flexibility index (Phi) is 9.24. The Balaban J connectivity index is 3.52. The van der Waals surface area contributed by atoms with Gasteiger partial charge in [0.05, 0.1) is 0 Å². The van der Waals surface area contributed by atoms with Gasteiger partial charge in [-0.3, -0.25) is 4.79 Å². The number of nitrogens with zero attached hydrogens (tertiary/aromatic N) is 1. The average Bonchev–Trinajstić information content (AvgIpc) is 2.25. The van der Waals surface area contributed by atoms with Gasteiger partial charge >= 0.3 is 0 Å². The quantitative estimate of drug-likeness (QED) is 0.619. The summed E-state index contributed by atoms with van der Waals surface area (Å²) >= 11 is 0. The first-order chi connectivity index (χ1) is 7.60. The van der Waals surface area contributed by atoms with E-state index >= 15 is 0 Å². The fourth-order valence-corrected chi connectivity index (χ4v) is 1.54. The maximum atomic E-state index is 11.4. The minimum Gasteiger partial charge on any atom is -0.355 e.